The number of carbonyl (C=O) groups excluding carboxylic acids is 1. The van der Waals surface area contributed by atoms with Gasteiger partial charge in [-0.3, -0.25) is 4.79 Å². The fourth-order valence-corrected chi connectivity index (χ4v) is 5.41. The Morgan fingerprint density at radius 1 is 1.03 bits per heavy atom. The van der Waals surface area contributed by atoms with Gasteiger partial charge in [-0.25, -0.2) is 12.8 Å². The van der Waals surface area contributed by atoms with Crippen molar-refractivity contribution < 1.29 is 17.6 Å². The molecular formula is C26H27FN2O3S. The zero-order valence-corrected chi connectivity index (χ0v) is 19.5. The Balaban J connectivity index is 1.46. The molecule has 0 saturated carbocycles. The Hall–Kier alpha value is -3.03. The molecule has 1 amide bonds. The first-order valence-corrected chi connectivity index (χ1v) is 12.5. The minimum Gasteiger partial charge on any atom is -0.339 e. The number of fused-ring (bicyclic) bond motifs is 1. The number of halogens is 1. The fourth-order valence-electron chi connectivity index (χ4n) is 4.06. The third-order valence-corrected chi connectivity index (χ3v) is 7.93. The first kappa shape index (κ1) is 23.1. The second-order valence-corrected chi connectivity index (χ2v) is 10.5. The average molecular weight is 467 g/mol. The highest BCUT2D eigenvalue weighted by Gasteiger charge is 2.22. The maximum atomic E-state index is 14.8. The molecule has 33 heavy (non-hydrogen) atoms. The van der Waals surface area contributed by atoms with Crippen molar-refractivity contribution in [1.82, 2.24) is 10.2 Å². The van der Waals surface area contributed by atoms with E-state index in [4.69, 9.17) is 0 Å². The zero-order valence-electron chi connectivity index (χ0n) is 18.7. The third-order valence-electron chi connectivity index (χ3n) is 6.24. The second-order valence-electron chi connectivity index (χ2n) is 8.49. The highest BCUT2D eigenvalue weighted by atomic mass is 32.2. The Bertz CT molecular complexity index is 1280. The van der Waals surface area contributed by atoms with Crippen LogP contribution in [0.15, 0.2) is 71.6 Å². The normalized spacial score (nSPS) is 14.0. The predicted molar refractivity (Wildman–Crippen MR) is 126 cm³/mol. The van der Waals surface area contributed by atoms with Crippen LogP contribution in [0.4, 0.5) is 4.39 Å². The van der Waals surface area contributed by atoms with Gasteiger partial charge >= 0.3 is 0 Å². The number of hydrogen-bond acceptors (Lipinski definition) is 4. The molecule has 0 bridgehead atoms. The van der Waals surface area contributed by atoms with Gasteiger partial charge < -0.3 is 10.2 Å². The van der Waals surface area contributed by atoms with Crippen molar-refractivity contribution in [3.63, 3.8) is 0 Å². The summed E-state index contributed by atoms with van der Waals surface area (Å²) < 4.78 is 40.6. The minimum absolute atomic E-state index is 0.0826. The molecule has 5 nitrogen and oxygen atoms in total. The van der Waals surface area contributed by atoms with E-state index in [1.54, 1.807) is 18.0 Å². The van der Waals surface area contributed by atoms with Gasteiger partial charge in [0, 0.05) is 20.1 Å². The van der Waals surface area contributed by atoms with Crippen molar-refractivity contribution in [3.8, 4) is 0 Å². The Morgan fingerprint density at radius 2 is 1.76 bits per heavy atom. The van der Waals surface area contributed by atoms with Crippen molar-refractivity contribution in [2.45, 2.75) is 43.1 Å². The molecule has 0 fully saturated rings. The van der Waals surface area contributed by atoms with Crippen LogP contribution < -0.4 is 5.32 Å². The van der Waals surface area contributed by atoms with Crippen LogP contribution in [0.25, 0.3) is 0 Å². The summed E-state index contributed by atoms with van der Waals surface area (Å²) in [6, 6.07) is 18.9. The summed E-state index contributed by atoms with van der Waals surface area (Å²) in [5, 5.41) is 3.23. The minimum atomic E-state index is -3.72. The lowest BCUT2D eigenvalue weighted by atomic mass is 10.1. The lowest BCUT2D eigenvalue weighted by Gasteiger charge is -2.25. The van der Waals surface area contributed by atoms with Crippen molar-refractivity contribution in [3.05, 3.63) is 100 Å². The largest absolute Gasteiger partial charge is 0.339 e. The molecule has 0 spiro atoms. The summed E-state index contributed by atoms with van der Waals surface area (Å²) in [6.45, 7) is 3.42. The summed E-state index contributed by atoms with van der Waals surface area (Å²) in [5.41, 5.74) is 4.10. The number of carbonyl (C=O) groups is 1. The predicted octanol–water partition coefficient (Wildman–Crippen LogP) is 4.16. The molecule has 1 unspecified atom stereocenters. The number of benzene rings is 3. The van der Waals surface area contributed by atoms with E-state index in [9.17, 15) is 17.6 Å². The first-order chi connectivity index (χ1) is 15.7. The van der Waals surface area contributed by atoms with Crippen molar-refractivity contribution in [1.29, 1.82) is 0 Å². The summed E-state index contributed by atoms with van der Waals surface area (Å²) >= 11 is 0. The van der Waals surface area contributed by atoms with Gasteiger partial charge in [0.25, 0.3) is 0 Å². The van der Waals surface area contributed by atoms with Gasteiger partial charge in [0.2, 0.25) is 5.91 Å². The summed E-state index contributed by atoms with van der Waals surface area (Å²) in [7, 11) is -2.04. The standard InChI is InChI=1S/C26H27FN2O3S/c1-18(20-6-4-3-5-7-20)29(2)26(30)13-21-10-11-24(14-25(21)27)33(31,32)17-19-8-9-22-15-28-16-23(22)12-19/h3-12,14,18,28H,13,15-17H2,1-2H3. The van der Waals surface area contributed by atoms with E-state index in [2.05, 4.69) is 5.32 Å². The summed E-state index contributed by atoms with van der Waals surface area (Å²) in [5.74, 6) is -1.13. The van der Waals surface area contributed by atoms with E-state index in [0.29, 0.717) is 5.56 Å². The monoisotopic (exact) mass is 466 g/mol. The van der Waals surface area contributed by atoms with Crippen LogP contribution in [0.2, 0.25) is 0 Å². The third kappa shape index (κ3) is 5.15. The molecule has 0 aromatic heterocycles. The van der Waals surface area contributed by atoms with Crippen LogP contribution in [0, 0.1) is 5.82 Å². The average Bonchev–Trinajstić information content (AvgIpc) is 3.27. The molecule has 1 aliphatic heterocycles. The Morgan fingerprint density at radius 3 is 2.48 bits per heavy atom. The molecule has 1 aliphatic rings. The molecular weight excluding hydrogens is 439 g/mol. The summed E-state index contributed by atoms with van der Waals surface area (Å²) in [4.78, 5) is 14.2. The van der Waals surface area contributed by atoms with E-state index < -0.39 is 15.7 Å². The van der Waals surface area contributed by atoms with Gasteiger partial charge in [0.15, 0.2) is 9.84 Å². The molecule has 3 aromatic rings. The van der Waals surface area contributed by atoms with Crippen LogP contribution in [0.5, 0.6) is 0 Å². The Labute approximate surface area is 194 Å². The van der Waals surface area contributed by atoms with Crippen molar-refractivity contribution in [2.75, 3.05) is 7.05 Å². The zero-order chi connectivity index (χ0) is 23.6. The lowest BCUT2D eigenvalue weighted by molar-refractivity contribution is -0.131. The van der Waals surface area contributed by atoms with Crippen LogP contribution in [-0.2, 0) is 39.9 Å². The van der Waals surface area contributed by atoms with E-state index in [-0.39, 0.29) is 34.6 Å². The van der Waals surface area contributed by atoms with Crippen molar-refractivity contribution >= 4 is 15.7 Å². The number of amides is 1. The van der Waals surface area contributed by atoms with E-state index in [1.807, 2.05) is 49.4 Å². The topological polar surface area (TPSA) is 66.5 Å². The second kappa shape index (κ2) is 9.45. The fraction of sp³-hybridized carbons (Fsp3) is 0.269. The Kier molecular flexibility index (Phi) is 6.63. The molecule has 1 atom stereocenters. The van der Waals surface area contributed by atoms with Crippen molar-refractivity contribution in [2.24, 2.45) is 0 Å². The molecule has 1 heterocycles. The first-order valence-electron chi connectivity index (χ1n) is 10.9. The van der Waals surface area contributed by atoms with Gasteiger partial charge in [-0.1, -0.05) is 54.6 Å². The van der Waals surface area contributed by atoms with Crippen LogP contribution in [0.3, 0.4) is 0 Å². The maximum absolute atomic E-state index is 14.8. The quantitative estimate of drug-likeness (QED) is 0.568. The number of sulfone groups is 1. The van der Waals surface area contributed by atoms with Gasteiger partial charge in [-0.2, -0.15) is 0 Å². The van der Waals surface area contributed by atoms with Gasteiger partial charge in [-0.05, 0) is 46.9 Å². The molecule has 0 radical (unpaired) electrons. The van der Waals surface area contributed by atoms with E-state index in [0.717, 1.165) is 30.3 Å². The van der Waals surface area contributed by atoms with E-state index >= 15 is 0 Å². The number of nitrogens with one attached hydrogen (secondary N) is 1. The maximum Gasteiger partial charge on any atom is 0.227 e. The van der Waals surface area contributed by atoms with E-state index in [1.165, 1.54) is 17.7 Å². The van der Waals surface area contributed by atoms with Gasteiger partial charge in [-0.15, -0.1) is 0 Å². The van der Waals surface area contributed by atoms with Crippen LogP contribution in [0.1, 0.15) is 40.8 Å². The highest BCUT2D eigenvalue weighted by Crippen LogP contribution is 2.24. The molecule has 1 N–H and O–H groups in total. The SMILES string of the molecule is CC(c1ccccc1)N(C)C(=O)Cc1ccc(S(=O)(=O)Cc2ccc3c(c2)CNC3)cc1F. The number of rotatable bonds is 7. The molecule has 3 aromatic carbocycles. The van der Waals surface area contributed by atoms with Crippen LogP contribution >= 0.6 is 0 Å². The highest BCUT2D eigenvalue weighted by molar-refractivity contribution is 7.90. The number of hydrogen-bond donors (Lipinski definition) is 1. The number of nitrogens with zero attached hydrogens (tertiary/aromatic N) is 1. The van der Waals surface area contributed by atoms with Gasteiger partial charge in [0.1, 0.15) is 5.82 Å². The molecule has 172 valence electrons. The lowest BCUT2D eigenvalue weighted by Crippen LogP contribution is -2.31. The molecule has 0 saturated heterocycles. The van der Waals surface area contributed by atoms with Gasteiger partial charge in [0.05, 0.1) is 23.1 Å². The smallest absolute Gasteiger partial charge is 0.227 e. The number of likely N-dealkylation sites (N-methyl/N-ethyl adjacent to an activating group) is 1. The molecule has 7 heteroatoms. The molecule has 0 aliphatic carbocycles. The van der Waals surface area contributed by atoms with Crippen LogP contribution in [-0.4, -0.2) is 26.3 Å². The summed E-state index contributed by atoms with van der Waals surface area (Å²) in [6.07, 6.45) is -0.141. The molecule has 4 rings (SSSR count).